The van der Waals surface area contributed by atoms with E-state index in [4.69, 9.17) is 0 Å². The van der Waals surface area contributed by atoms with Gasteiger partial charge in [-0.1, -0.05) is 0 Å². The zero-order valence-corrected chi connectivity index (χ0v) is 12.6. The van der Waals surface area contributed by atoms with Gasteiger partial charge in [0.25, 0.3) is 0 Å². The lowest BCUT2D eigenvalue weighted by Gasteiger charge is -2.19. The van der Waals surface area contributed by atoms with Gasteiger partial charge in [-0.2, -0.15) is 5.10 Å². The minimum absolute atomic E-state index is 0.0155. The molecule has 0 aromatic carbocycles. The Labute approximate surface area is 118 Å². The Kier molecular flexibility index (Phi) is 3.87. The van der Waals surface area contributed by atoms with E-state index < -0.39 is 0 Å². The number of fused-ring (bicyclic) bond motifs is 1. The molecule has 0 radical (unpaired) electrons. The summed E-state index contributed by atoms with van der Waals surface area (Å²) in [5.74, 6) is 1.53. The summed E-state index contributed by atoms with van der Waals surface area (Å²) in [5, 5.41) is 7.96. The minimum atomic E-state index is 0.0155. The van der Waals surface area contributed by atoms with Crippen LogP contribution in [0.1, 0.15) is 17.9 Å². The highest BCUT2D eigenvalue weighted by Crippen LogP contribution is 2.25. The van der Waals surface area contributed by atoms with E-state index in [0.29, 0.717) is 18.8 Å². The molecule has 0 aliphatic heterocycles. The maximum atomic E-state index is 11.4. The number of aryl methyl sites for hydroxylation is 3. The summed E-state index contributed by atoms with van der Waals surface area (Å²) < 4.78 is 1.76. The third-order valence-corrected chi connectivity index (χ3v) is 3.27. The number of carbonyl (C=O) groups is 1. The summed E-state index contributed by atoms with van der Waals surface area (Å²) >= 11 is 0. The maximum absolute atomic E-state index is 11.4. The van der Waals surface area contributed by atoms with E-state index in [9.17, 15) is 4.79 Å². The van der Waals surface area contributed by atoms with E-state index in [-0.39, 0.29) is 5.91 Å². The Morgan fingerprint density at radius 2 is 2.05 bits per heavy atom. The lowest BCUT2D eigenvalue weighted by Crippen LogP contribution is -2.27. The molecule has 2 heterocycles. The average molecular weight is 276 g/mol. The van der Waals surface area contributed by atoms with E-state index in [2.05, 4.69) is 20.4 Å². The van der Waals surface area contributed by atoms with Crippen molar-refractivity contribution in [3.63, 3.8) is 0 Å². The van der Waals surface area contributed by atoms with Crippen LogP contribution in [0.25, 0.3) is 11.0 Å². The fourth-order valence-corrected chi connectivity index (χ4v) is 2.20. The first kappa shape index (κ1) is 14.2. The summed E-state index contributed by atoms with van der Waals surface area (Å²) in [4.78, 5) is 22.3. The van der Waals surface area contributed by atoms with Gasteiger partial charge in [-0.3, -0.25) is 9.48 Å². The molecule has 108 valence electrons. The molecule has 0 spiro atoms. The quantitative estimate of drug-likeness (QED) is 0.882. The fourth-order valence-electron chi connectivity index (χ4n) is 2.20. The molecule has 0 atom stereocenters. The van der Waals surface area contributed by atoms with E-state index in [0.717, 1.165) is 22.5 Å². The number of amides is 1. The predicted octanol–water partition coefficient (Wildman–Crippen LogP) is 0.552. The molecular weight excluding hydrogens is 256 g/mol. The number of anilines is 1. The van der Waals surface area contributed by atoms with Crippen molar-refractivity contribution in [2.45, 2.75) is 20.3 Å². The van der Waals surface area contributed by atoms with Crippen LogP contribution in [0.5, 0.6) is 0 Å². The lowest BCUT2D eigenvalue weighted by atomic mass is 10.2. The molecule has 0 unspecified atom stereocenters. The molecule has 0 aliphatic carbocycles. The SMILES string of the molecule is CNC(=O)CCN(C)c1nc(C)nc2c1c(C)nn2C. The molecule has 0 saturated heterocycles. The summed E-state index contributed by atoms with van der Waals surface area (Å²) in [6.07, 6.45) is 0.427. The van der Waals surface area contributed by atoms with Gasteiger partial charge in [0.1, 0.15) is 11.6 Å². The molecule has 0 aliphatic rings. The molecule has 7 heteroatoms. The van der Waals surface area contributed by atoms with Gasteiger partial charge in [0.2, 0.25) is 5.91 Å². The summed E-state index contributed by atoms with van der Waals surface area (Å²) in [6.45, 7) is 4.40. The lowest BCUT2D eigenvalue weighted by molar-refractivity contribution is -0.120. The Hall–Kier alpha value is -2.18. The van der Waals surface area contributed by atoms with E-state index in [1.165, 1.54) is 0 Å². The molecule has 2 rings (SSSR count). The second-order valence-electron chi connectivity index (χ2n) is 4.85. The van der Waals surface area contributed by atoms with Crippen molar-refractivity contribution >= 4 is 22.8 Å². The van der Waals surface area contributed by atoms with E-state index in [1.54, 1.807) is 11.7 Å². The van der Waals surface area contributed by atoms with E-state index in [1.807, 2.05) is 32.8 Å². The fraction of sp³-hybridized carbons (Fsp3) is 0.538. The van der Waals surface area contributed by atoms with Crippen LogP contribution in [0.2, 0.25) is 0 Å². The molecular formula is C13H20N6O. The monoisotopic (exact) mass is 276 g/mol. The van der Waals surface area contributed by atoms with Crippen LogP contribution >= 0.6 is 0 Å². The van der Waals surface area contributed by atoms with Crippen molar-refractivity contribution in [1.82, 2.24) is 25.1 Å². The number of rotatable bonds is 4. The Balaban J connectivity index is 2.40. The van der Waals surface area contributed by atoms with Crippen LogP contribution in [0.3, 0.4) is 0 Å². The van der Waals surface area contributed by atoms with Gasteiger partial charge < -0.3 is 10.2 Å². The predicted molar refractivity (Wildman–Crippen MR) is 77.7 cm³/mol. The zero-order valence-electron chi connectivity index (χ0n) is 12.6. The van der Waals surface area contributed by atoms with Gasteiger partial charge >= 0.3 is 0 Å². The van der Waals surface area contributed by atoms with Crippen LogP contribution in [-0.4, -0.2) is 46.3 Å². The molecule has 1 amide bonds. The smallest absolute Gasteiger partial charge is 0.221 e. The summed E-state index contributed by atoms with van der Waals surface area (Å²) in [5.41, 5.74) is 1.71. The van der Waals surface area contributed by atoms with Crippen LogP contribution in [0.15, 0.2) is 0 Å². The van der Waals surface area contributed by atoms with Crippen LogP contribution in [-0.2, 0) is 11.8 Å². The molecule has 2 aromatic rings. The van der Waals surface area contributed by atoms with Gasteiger partial charge in [-0.15, -0.1) is 0 Å². The number of hydrogen-bond acceptors (Lipinski definition) is 5. The Bertz CT molecular complexity index is 648. The summed E-state index contributed by atoms with van der Waals surface area (Å²) in [6, 6.07) is 0. The molecule has 0 fully saturated rings. The Morgan fingerprint density at radius 3 is 2.70 bits per heavy atom. The largest absolute Gasteiger partial charge is 0.359 e. The second-order valence-corrected chi connectivity index (χ2v) is 4.85. The Morgan fingerprint density at radius 1 is 1.35 bits per heavy atom. The zero-order chi connectivity index (χ0) is 14.9. The van der Waals surface area contributed by atoms with Gasteiger partial charge in [0.15, 0.2) is 5.65 Å². The van der Waals surface area contributed by atoms with E-state index >= 15 is 0 Å². The number of carbonyl (C=O) groups excluding carboxylic acids is 1. The maximum Gasteiger partial charge on any atom is 0.221 e. The number of nitrogens with one attached hydrogen (secondary N) is 1. The van der Waals surface area contributed by atoms with Gasteiger partial charge in [-0.05, 0) is 13.8 Å². The topological polar surface area (TPSA) is 75.9 Å². The molecule has 7 nitrogen and oxygen atoms in total. The highest BCUT2D eigenvalue weighted by molar-refractivity contribution is 5.90. The second kappa shape index (κ2) is 5.44. The molecule has 20 heavy (non-hydrogen) atoms. The molecule has 0 saturated carbocycles. The average Bonchev–Trinajstić information content (AvgIpc) is 2.69. The summed E-state index contributed by atoms with van der Waals surface area (Å²) in [7, 11) is 5.44. The third-order valence-electron chi connectivity index (χ3n) is 3.27. The highest BCUT2D eigenvalue weighted by Gasteiger charge is 2.17. The van der Waals surface area contributed by atoms with Crippen LogP contribution in [0, 0.1) is 13.8 Å². The molecule has 0 bridgehead atoms. The van der Waals surface area contributed by atoms with Crippen LogP contribution < -0.4 is 10.2 Å². The molecule has 1 N–H and O–H groups in total. The highest BCUT2D eigenvalue weighted by atomic mass is 16.1. The number of aromatic nitrogens is 4. The minimum Gasteiger partial charge on any atom is -0.359 e. The van der Waals surface area contributed by atoms with Crippen molar-refractivity contribution < 1.29 is 4.79 Å². The van der Waals surface area contributed by atoms with Crippen molar-refractivity contribution in [3.05, 3.63) is 11.5 Å². The van der Waals surface area contributed by atoms with Crippen LogP contribution in [0.4, 0.5) is 5.82 Å². The van der Waals surface area contributed by atoms with Gasteiger partial charge in [0, 0.05) is 34.1 Å². The standard InChI is InChI=1S/C13H20N6O/c1-8-11-12(18(4)7-6-10(20)14-3)15-9(2)16-13(11)19(5)17-8/h6-7H2,1-5H3,(H,14,20). The van der Waals surface area contributed by atoms with Crippen molar-refractivity contribution in [3.8, 4) is 0 Å². The van der Waals surface area contributed by atoms with Gasteiger partial charge in [-0.25, -0.2) is 9.97 Å². The van der Waals surface area contributed by atoms with Crippen molar-refractivity contribution in [2.24, 2.45) is 7.05 Å². The third kappa shape index (κ3) is 2.56. The molecule has 2 aromatic heterocycles. The normalized spacial score (nSPS) is 10.8. The number of hydrogen-bond donors (Lipinski definition) is 1. The number of nitrogens with zero attached hydrogens (tertiary/aromatic N) is 5. The van der Waals surface area contributed by atoms with Crippen molar-refractivity contribution in [1.29, 1.82) is 0 Å². The first-order chi connectivity index (χ1) is 9.43. The first-order valence-corrected chi connectivity index (χ1v) is 6.53. The first-order valence-electron chi connectivity index (χ1n) is 6.53. The van der Waals surface area contributed by atoms with Crippen molar-refractivity contribution in [2.75, 3.05) is 25.5 Å². The van der Waals surface area contributed by atoms with Gasteiger partial charge in [0.05, 0.1) is 11.1 Å².